The van der Waals surface area contributed by atoms with Crippen molar-refractivity contribution < 1.29 is 83.7 Å². The van der Waals surface area contributed by atoms with Crippen LogP contribution >= 0.6 is 0 Å². The maximum absolute atomic E-state index is 12.4. The molecular formula is C23H21N3Na2O6. The Hall–Kier alpha value is -2.27. The Labute approximate surface area is 240 Å². The Bertz CT molecular complexity index is 1200. The molecule has 0 fully saturated rings. The summed E-state index contributed by atoms with van der Waals surface area (Å²) in [5.41, 5.74) is 0.322. The molecule has 0 bridgehead atoms. The van der Waals surface area contributed by atoms with Crippen LogP contribution in [-0.2, 0) is 11.8 Å². The second-order valence-electron chi connectivity index (χ2n) is 7.13. The number of para-hydroxylation sites is 1. The van der Waals surface area contributed by atoms with Gasteiger partial charge in [0, 0.05) is 25.6 Å². The van der Waals surface area contributed by atoms with Gasteiger partial charge in [-0.15, -0.1) is 0 Å². The Morgan fingerprint density at radius 3 is 2.32 bits per heavy atom. The van der Waals surface area contributed by atoms with Crippen molar-refractivity contribution in [3.05, 3.63) is 82.3 Å². The fourth-order valence-corrected chi connectivity index (χ4v) is 3.02. The van der Waals surface area contributed by atoms with Gasteiger partial charge < -0.3 is 34.9 Å². The molecule has 34 heavy (non-hydrogen) atoms. The van der Waals surface area contributed by atoms with Crippen molar-refractivity contribution in [3.8, 4) is 17.2 Å². The first kappa shape index (κ1) is 29.8. The minimum Gasteiger partial charge on any atom is -0.871 e. The molecule has 0 saturated carbocycles. The van der Waals surface area contributed by atoms with E-state index in [1.165, 1.54) is 13.2 Å². The van der Waals surface area contributed by atoms with E-state index in [1.807, 2.05) is 31.2 Å². The molecule has 0 spiro atoms. The molecule has 0 aliphatic carbocycles. The number of carboxylic acid groups (broad SMARTS) is 1. The van der Waals surface area contributed by atoms with Crippen LogP contribution in [-0.4, -0.2) is 16.6 Å². The van der Waals surface area contributed by atoms with Crippen molar-refractivity contribution in [3.63, 3.8) is 0 Å². The summed E-state index contributed by atoms with van der Waals surface area (Å²) >= 11 is 0. The van der Waals surface area contributed by atoms with E-state index in [9.17, 15) is 24.6 Å². The molecule has 0 saturated heterocycles. The number of nitrogens with one attached hydrogen (secondary N) is 2. The van der Waals surface area contributed by atoms with Crippen molar-refractivity contribution >= 4 is 17.7 Å². The number of aryl methyl sites for hydroxylation is 2. The van der Waals surface area contributed by atoms with Crippen molar-refractivity contribution in [2.24, 2.45) is 7.05 Å². The molecule has 2 amide bonds. The van der Waals surface area contributed by atoms with Crippen LogP contribution in [0.2, 0.25) is 0 Å². The number of ether oxygens (including phenoxy) is 1. The summed E-state index contributed by atoms with van der Waals surface area (Å²) in [5.74, 6) is -0.821. The zero-order valence-electron chi connectivity index (χ0n) is 19.5. The van der Waals surface area contributed by atoms with E-state index in [2.05, 4.69) is 10.6 Å². The number of carbonyl (C=O) groups excluding carboxylic acids is 2. The van der Waals surface area contributed by atoms with Crippen LogP contribution in [0.1, 0.15) is 23.6 Å². The van der Waals surface area contributed by atoms with Gasteiger partial charge in [0.2, 0.25) is 0 Å². The molecule has 1 atom stereocenters. The van der Waals surface area contributed by atoms with Gasteiger partial charge in [-0.3, -0.25) is 4.79 Å². The summed E-state index contributed by atoms with van der Waals surface area (Å²) < 4.78 is 6.96. The van der Waals surface area contributed by atoms with Crippen molar-refractivity contribution in [2.75, 3.05) is 5.32 Å². The average molecular weight is 481 g/mol. The maximum atomic E-state index is 12.4. The summed E-state index contributed by atoms with van der Waals surface area (Å²) in [6, 6.07) is 13.3. The second-order valence-corrected chi connectivity index (χ2v) is 7.13. The molecule has 166 valence electrons. The van der Waals surface area contributed by atoms with E-state index in [0.717, 1.165) is 16.2 Å². The number of amides is 2. The summed E-state index contributed by atoms with van der Waals surface area (Å²) in [7, 11) is 1.43. The zero-order valence-corrected chi connectivity index (χ0v) is 23.5. The van der Waals surface area contributed by atoms with E-state index in [4.69, 9.17) is 4.74 Å². The topological polar surface area (TPSA) is 136 Å². The van der Waals surface area contributed by atoms with Gasteiger partial charge in [0.25, 0.3) is 5.56 Å². The number of pyridine rings is 1. The third-order valence-corrected chi connectivity index (χ3v) is 4.75. The summed E-state index contributed by atoms with van der Waals surface area (Å²) in [4.78, 5) is 35.7. The number of hydrogen-bond donors (Lipinski definition) is 2. The molecule has 2 N–H and O–H groups in total. The van der Waals surface area contributed by atoms with E-state index >= 15 is 0 Å². The Balaban J connectivity index is 0.00000289. The third kappa shape index (κ3) is 7.90. The molecule has 0 aliphatic heterocycles. The summed E-state index contributed by atoms with van der Waals surface area (Å²) in [5, 5.41) is 27.8. The molecule has 0 radical (unpaired) electrons. The number of nitrogens with zero attached hydrogens (tertiary/aromatic N) is 1. The Morgan fingerprint density at radius 2 is 1.71 bits per heavy atom. The zero-order chi connectivity index (χ0) is 23.3. The van der Waals surface area contributed by atoms with Crippen molar-refractivity contribution in [1.82, 2.24) is 9.88 Å². The van der Waals surface area contributed by atoms with Gasteiger partial charge in [0.15, 0.2) is 0 Å². The van der Waals surface area contributed by atoms with Crippen molar-refractivity contribution in [2.45, 2.75) is 19.4 Å². The van der Waals surface area contributed by atoms with E-state index in [1.54, 1.807) is 24.3 Å². The monoisotopic (exact) mass is 481 g/mol. The third-order valence-electron chi connectivity index (χ3n) is 4.75. The number of urea groups is 1. The van der Waals surface area contributed by atoms with Crippen molar-refractivity contribution in [1.29, 1.82) is 0 Å². The number of anilines is 1. The van der Waals surface area contributed by atoms with E-state index < -0.39 is 41.5 Å². The minimum absolute atomic E-state index is 0. The van der Waals surface area contributed by atoms with Gasteiger partial charge >= 0.3 is 65.1 Å². The molecule has 0 aliphatic rings. The van der Waals surface area contributed by atoms with Gasteiger partial charge in [0.1, 0.15) is 17.2 Å². The van der Waals surface area contributed by atoms with Gasteiger partial charge in [-0.2, -0.15) is 0 Å². The first-order chi connectivity index (χ1) is 15.2. The number of carbonyl (C=O) groups is 2. The van der Waals surface area contributed by atoms with Gasteiger partial charge in [0.05, 0.1) is 6.04 Å². The standard InChI is InChI=1S/C23H23N3O6.2Na/c1-14-5-3-4-6-19(14)32-16-9-7-15(8-10-16)17(13-20(28)29)24-23(31)25-21-18(27)11-12-26(2)22(21)30;;/h3-12,17,27H,13H2,1-2H3,(H,28,29)(H2,24,25,31);;/q;2*+1/p-2/t17-;;/m0../s1. The van der Waals surface area contributed by atoms with Crippen LogP contribution in [0.15, 0.2) is 65.6 Å². The van der Waals surface area contributed by atoms with Crippen LogP contribution in [0.5, 0.6) is 17.2 Å². The van der Waals surface area contributed by atoms with Crippen LogP contribution in [0.4, 0.5) is 10.5 Å². The minimum atomic E-state index is -1.38. The van der Waals surface area contributed by atoms with Gasteiger partial charge in [-0.05, 0) is 36.2 Å². The predicted octanol–water partition coefficient (Wildman–Crippen LogP) is -4.43. The smallest absolute Gasteiger partial charge is 0.871 e. The van der Waals surface area contributed by atoms with Gasteiger partial charge in [-0.1, -0.05) is 42.1 Å². The number of rotatable bonds is 7. The fourth-order valence-electron chi connectivity index (χ4n) is 3.02. The Kier molecular flexibility index (Phi) is 11.9. The molecule has 1 heterocycles. The first-order valence-corrected chi connectivity index (χ1v) is 9.72. The number of aromatic nitrogens is 1. The average Bonchev–Trinajstić information content (AvgIpc) is 2.75. The van der Waals surface area contributed by atoms with E-state index in [-0.39, 0.29) is 59.1 Å². The molecular weight excluding hydrogens is 460 g/mol. The Morgan fingerprint density at radius 1 is 1.06 bits per heavy atom. The first-order valence-electron chi connectivity index (χ1n) is 9.72. The number of hydrogen-bond acceptors (Lipinski definition) is 6. The molecule has 0 unspecified atom stereocenters. The molecule has 3 rings (SSSR count). The quantitative estimate of drug-likeness (QED) is 0.327. The maximum Gasteiger partial charge on any atom is 1.00 e. The normalized spacial score (nSPS) is 10.8. The SMILES string of the molecule is Cc1ccccc1Oc1ccc([C@H](CC(=O)[O-])NC(=O)Nc2c([O-])ccn(C)c2=O)cc1.[Na+].[Na+]. The molecule has 9 nitrogen and oxygen atoms in total. The largest absolute Gasteiger partial charge is 1.00 e. The molecule has 2 aromatic carbocycles. The van der Waals surface area contributed by atoms with Crippen LogP contribution in [0.3, 0.4) is 0 Å². The number of carboxylic acids is 1. The molecule has 3 aromatic rings. The fraction of sp³-hybridized carbons (Fsp3) is 0.174. The number of aliphatic carboxylic acids is 1. The van der Waals surface area contributed by atoms with Gasteiger partial charge in [-0.25, -0.2) is 4.79 Å². The molecule has 11 heteroatoms. The van der Waals surface area contributed by atoms with Crippen LogP contribution in [0, 0.1) is 6.92 Å². The summed E-state index contributed by atoms with van der Waals surface area (Å²) in [6.07, 6.45) is 0.773. The number of benzene rings is 2. The van der Waals surface area contributed by atoms with Crippen LogP contribution < -0.4 is 90.3 Å². The van der Waals surface area contributed by atoms with E-state index in [0.29, 0.717) is 17.1 Å². The second kappa shape index (κ2) is 13.6. The van der Waals surface area contributed by atoms with Crippen LogP contribution in [0.25, 0.3) is 0 Å². The predicted molar refractivity (Wildman–Crippen MR) is 113 cm³/mol. The summed E-state index contributed by atoms with van der Waals surface area (Å²) in [6.45, 7) is 1.91. The molecule has 1 aromatic heterocycles.